The molecule has 6 radical (unpaired) electrons. The Morgan fingerprint density at radius 1 is 0.500 bits per heavy atom. The van der Waals surface area contributed by atoms with Crippen LogP contribution in [0.3, 0.4) is 0 Å². The van der Waals surface area contributed by atoms with E-state index in [0.717, 1.165) is 39.3 Å². The lowest BCUT2D eigenvalue weighted by Crippen LogP contribution is -2.29. The van der Waals surface area contributed by atoms with E-state index in [-0.39, 0.29) is 0 Å². The Labute approximate surface area is 75.9 Å². The number of nitrogens with zero attached hydrogens (tertiary/aromatic N) is 3. The maximum Gasteiger partial charge on any atom is 0.0439 e. The second-order valence-electron chi connectivity index (χ2n) is 3.11. The molecular formula is C9H15N3. The van der Waals surface area contributed by atoms with Gasteiger partial charge in [0.05, 0.1) is 0 Å². The van der Waals surface area contributed by atoms with Gasteiger partial charge in [0.1, 0.15) is 0 Å². The summed E-state index contributed by atoms with van der Waals surface area (Å²) in [6, 6.07) is 0. The van der Waals surface area contributed by atoms with E-state index in [0.29, 0.717) is 0 Å². The molecule has 1 rings (SSSR count). The predicted molar refractivity (Wildman–Crippen MR) is 47.6 cm³/mol. The Bertz CT molecular complexity index is 91.2. The average Bonchev–Trinajstić information content (AvgIpc) is 2.11. The molecule has 12 heavy (non-hydrogen) atoms. The molecule has 1 saturated heterocycles. The minimum absolute atomic E-state index is 0.796. The molecule has 3 nitrogen and oxygen atoms in total. The van der Waals surface area contributed by atoms with E-state index in [1.807, 2.05) is 0 Å². The van der Waals surface area contributed by atoms with Crippen LogP contribution in [0.4, 0.5) is 0 Å². The molecule has 0 N–H and O–H groups in total. The van der Waals surface area contributed by atoms with Crippen LogP contribution < -0.4 is 0 Å². The lowest BCUT2D eigenvalue weighted by atomic mass is 10.5. The summed E-state index contributed by atoms with van der Waals surface area (Å²) in [5, 5.41) is 0. The van der Waals surface area contributed by atoms with Gasteiger partial charge in [0.2, 0.25) is 0 Å². The number of hydrogen-bond donors (Lipinski definition) is 0. The molecule has 3 heteroatoms. The lowest BCUT2D eigenvalue weighted by molar-refractivity contribution is 0.313. The first-order chi connectivity index (χ1) is 5.68. The summed E-state index contributed by atoms with van der Waals surface area (Å²) >= 11 is 0. The Morgan fingerprint density at radius 2 is 0.667 bits per heavy atom. The third kappa shape index (κ3) is 3.52. The fourth-order valence-corrected chi connectivity index (χ4v) is 1.11. The summed E-state index contributed by atoms with van der Waals surface area (Å²) in [7, 11) is 17.0. The van der Waals surface area contributed by atoms with Crippen molar-refractivity contribution in [1.82, 2.24) is 14.7 Å². The molecule has 1 heterocycles. The first-order valence-corrected chi connectivity index (χ1v) is 4.17. The molecule has 0 aliphatic carbocycles. The van der Waals surface area contributed by atoms with Crippen LogP contribution in [-0.4, -0.2) is 54.0 Å². The zero-order valence-electron chi connectivity index (χ0n) is 7.32. The van der Waals surface area contributed by atoms with Gasteiger partial charge in [-0.25, -0.2) is 0 Å². The lowest BCUT2D eigenvalue weighted by Gasteiger charge is -2.17. The highest BCUT2D eigenvalue weighted by molar-refractivity contribution is 4.69. The Kier molecular flexibility index (Phi) is 3.98. The molecule has 0 bridgehead atoms. The fraction of sp³-hybridized carbons (Fsp3) is 0.667. The standard InChI is InChI=1S/C9H15N3/c1-10-4-6-11(2)8-9-12(3)7-5-10/h1-3H,4-9H2. The van der Waals surface area contributed by atoms with Gasteiger partial charge in [0, 0.05) is 60.4 Å². The highest BCUT2D eigenvalue weighted by Crippen LogP contribution is 1.96. The predicted octanol–water partition coefficient (Wildman–Crippen LogP) is -0.0882. The van der Waals surface area contributed by atoms with Gasteiger partial charge in [-0.1, -0.05) is 0 Å². The van der Waals surface area contributed by atoms with Crippen molar-refractivity contribution in [2.75, 3.05) is 39.3 Å². The maximum absolute atomic E-state index is 5.67. The summed E-state index contributed by atoms with van der Waals surface area (Å²) in [6.45, 7) is 4.78. The van der Waals surface area contributed by atoms with Gasteiger partial charge < -0.3 is 0 Å². The molecule has 1 fully saturated rings. The SMILES string of the molecule is [CH]N1CCN([CH])CCN([CH])CC1. The summed E-state index contributed by atoms with van der Waals surface area (Å²) in [5.74, 6) is 0. The number of hydrogen-bond acceptors (Lipinski definition) is 3. The van der Waals surface area contributed by atoms with Crippen LogP contribution in [0.5, 0.6) is 0 Å². The van der Waals surface area contributed by atoms with Crippen LogP contribution in [0.15, 0.2) is 0 Å². The normalized spacial score (nSPS) is 26.2. The third-order valence-electron chi connectivity index (χ3n) is 2.02. The molecule has 0 amide bonds. The molecule has 1 aliphatic heterocycles. The highest BCUT2D eigenvalue weighted by Gasteiger charge is 2.08. The van der Waals surface area contributed by atoms with E-state index in [2.05, 4.69) is 0 Å². The molecule has 0 unspecified atom stereocenters. The zero-order valence-corrected chi connectivity index (χ0v) is 7.32. The summed E-state index contributed by atoms with van der Waals surface area (Å²) < 4.78 is 0. The monoisotopic (exact) mass is 165 g/mol. The highest BCUT2D eigenvalue weighted by atomic mass is 15.2. The van der Waals surface area contributed by atoms with Crippen molar-refractivity contribution in [3.05, 3.63) is 21.1 Å². The Morgan fingerprint density at radius 3 is 0.833 bits per heavy atom. The van der Waals surface area contributed by atoms with Crippen LogP contribution in [0, 0.1) is 21.1 Å². The maximum atomic E-state index is 5.67. The zero-order chi connectivity index (χ0) is 8.97. The van der Waals surface area contributed by atoms with Gasteiger partial charge in [-0.15, -0.1) is 0 Å². The van der Waals surface area contributed by atoms with Gasteiger partial charge >= 0.3 is 0 Å². The van der Waals surface area contributed by atoms with Crippen LogP contribution in [0.1, 0.15) is 0 Å². The smallest absolute Gasteiger partial charge is 0.0439 e. The average molecular weight is 165 g/mol. The van der Waals surface area contributed by atoms with E-state index in [1.54, 1.807) is 14.7 Å². The van der Waals surface area contributed by atoms with E-state index in [9.17, 15) is 0 Å². The van der Waals surface area contributed by atoms with Crippen LogP contribution >= 0.6 is 0 Å². The summed E-state index contributed by atoms with van der Waals surface area (Å²) in [6.07, 6.45) is 0. The van der Waals surface area contributed by atoms with Crippen LogP contribution in [0.2, 0.25) is 0 Å². The van der Waals surface area contributed by atoms with Crippen molar-refractivity contribution < 1.29 is 0 Å². The number of rotatable bonds is 0. The topological polar surface area (TPSA) is 9.72 Å². The van der Waals surface area contributed by atoms with E-state index >= 15 is 0 Å². The first kappa shape index (κ1) is 9.96. The van der Waals surface area contributed by atoms with Crippen molar-refractivity contribution in [2.45, 2.75) is 0 Å². The van der Waals surface area contributed by atoms with Crippen molar-refractivity contribution in [2.24, 2.45) is 0 Å². The first-order valence-electron chi connectivity index (χ1n) is 4.17. The second kappa shape index (κ2) is 4.80. The molecule has 0 atom stereocenters. The van der Waals surface area contributed by atoms with Gasteiger partial charge in [0.25, 0.3) is 0 Å². The Hall–Kier alpha value is -0.120. The van der Waals surface area contributed by atoms with E-state index in [4.69, 9.17) is 21.1 Å². The van der Waals surface area contributed by atoms with Crippen LogP contribution in [0.25, 0.3) is 0 Å². The van der Waals surface area contributed by atoms with Crippen LogP contribution in [-0.2, 0) is 0 Å². The summed E-state index contributed by atoms with van der Waals surface area (Å²) in [5.41, 5.74) is 0. The minimum Gasteiger partial charge on any atom is -0.295 e. The van der Waals surface area contributed by atoms with Crippen molar-refractivity contribution in [1.29, 1.82) is 0 Å². The fourth-order valence-electron chi connectivity index (χ4n) is 1.11. The molecule has 0 saturated carbocycles. The molecule has 0 aromatic carbocycles. The quantitative estimate of drug-likeness (QED) is 0.497. The van der Waals surface area contributed by atoms with Gasteiger partial charge in [0.15, 0.2) is 0 Å². The van der Waals surface area contributed by atoms with E-state index < -0.39 is 0 Å². The largest absolute Gasteiger partial charge is 0.295 e. The second-order valence-corrected chi connectivity index (χ2v) is 3.11. The molecule has 66 valence electrons. The third-order valence-corrected chi connectivity index (χ3v) is 2.02. The van der Waals surface area contributed by atoms with Crippen molar-refractivity contribution in [3.63, 3.8) is 0 Å². The summed E-state index contributed by atoms with van der Waals surface area (Å²) in [4.78, 5) is 5.22. The molecule has 0 aromatic heterocycles. The van der Waals surface area contributed by atoms with Crippen molar-refractivity contribution in [3.8, 4) is 0 Å². The molecule has 0 aromatic rings. The van der Waals surface area contributed by atoms with E-state index in [1.165, 1.54) is 0 Å². The molecular weight excluding hydrogens is 150 g/mol. The van der Waals surface area contributed by atoms with Gasteiger partial charge in [-0.2, -0.15) is 0 Å². The molecule has 0 spiro atoms. The minimum atomic E-state index is 0.796. The van der Waals surface area contributed by atoms with Gasteiger partial charge in [-0.3, -0.25) is 14.7 Å². The van der Waals surface area contributed by atoms with Gasteiger partial charge in [-0.05, 0) is 0 Å². The van der Waals surface area contributed by atoms with Crippen molar-refractivity contribution >= 4 is 0 Å². The Balaban J connectivity index is 2.36. The molecule has 1 aliphatic rings.